The molecule has 23 heavy (non-hydrogen) atoms. The number of rotatable bonds is 4. The molecule has 2 aromatic carbocycles. The van der Waals surface area contributed by atoms with Crippen LogP contribution < -0.4 is 10.5 Å². The van der Waals surface area contributed by atoms with Crippen LogP contribution in [0.3, 0.4) is 0 Å². The second-order valence-corrected chi connectivity index (χ2v) is 5.72. The number of hydrogen-bond acceptors (Lipinski definition) is 2. The van der Waals surface area contributed by atoms with Crippen molar-refractivity contribution >= 4 is 34.7 Å². The summed E-state index contributed by atoms with van der Waals surface area (Å²) in [6, 6.07) is 7.30. The number of nitrogens with zero attached hydrogens (tertiary/aromatic N) is 1. The lowest BCUT2D eigenvalue weighted by atomic mass is 10.1. The lowest BCUT2D eigenvalue weighted by Crippen LogP contribution is -2.04. The Morgan fingerprint density at radius 1 is 1.17 bits per heavy atom. The van der Waals surface area contributed by atoms with E-state index in [9.17, 15) is 8.78 Å². The van der Waals surface area contributed by atoms with Gasteiger partial charge in [0.25, 0.3) is 6.43 Å². The number of nitrogens with two attached hydrogens (primary N) is 1. The molecule has 2 rings (SSSR count). The Kier molecular flexibility index (Phi) is 5.44. The molecular formula is C16H14Cl2F2N2O. The molecule has 0 radical (unpaired) electrons. The maximum absolute atomic E-state index is 13.3. The van der Waals surface area contributed by atoms with E-state index in [1.807, 2.05) is 0 Å². The molecule has 0 aliphatic heterocycles. The summed E-state index contributed by atoms with van der Waals surface area (Å²) >= 11 is 11.7. The van der Waals surface area contributed by atoms with Gasteiger partial charge in [-0.15, -0.1) is 0 Å². The molecule has 0 aromatic heterocycles. The van der Waals surface area contributed by atoms with E-state index in [-0.39, 0.29) is 22.2 Å². The molecule has 0 saturated heterocycles. The average Bonchev–Trinajstić information content (AvgIpc) is 2.45. The maximum atomic E-state index is 13.3. The lowest BCUT2D eigenvalue weighted by molar-refractivity contribution is 0.148. The largest absolute Gasteiger partial charge is 0.457 e. The van der Waals surface area contributed by atoms with Gasteiger partial charge in [-0.2, -0.15) is 0 Å². The Labute approximate surface area is 142 Å². The van der Waals surface area contributed by atoms with Crippen molar-refractivity contribution in [1.29, 1.82) is 0 Å². The first-order chi connectivity index (χ1) is 10.8. The number of amidine groups is 1. The minimum Gasteiger partial charge on any atom is -0.457 e. The summed E-state index contributed by atoms with van der Waals surface area (Å²) in [6.07, 6.45) is -2.72. The van der Waals surface area contributed by atoms with Gasteiger partial charge < -0.3 is 10.5 Å². The fraction of sp³-hybridized carbons (Fsp3) is 0.188. The van der Waals surface area contributed by atoms with Gasteiger partial charge in [-0.25, -0.2) is 13.8 Å². The molecule has 0 aliphatic rings. The van der Waals surface area contributed by atoms with Crippen molar-refractivity contribution in [3.05, 3.63) is 51.5 Å². The summed E-state index contributed by atoms with van der Waals surface area (Å²) in [5, 5.41) is 0.631. The van der Waals surface area contributed by atoms with E-state index in [1.165, 1.54) is 24.3 Å². The molecule has 0 bridgehead atoms. The Morgan fingerprint density at radius 3 is 2.43 bits per heavy atom. The molecule has 0 aliphatic carbocycles. The van der Waals surface area contributed by atoms with E-state index in [1.54, 1.807) is 19.9 Å². The van der Waals surface area contributed by atoms with Crippen molar-refractivity contribution in [3.8, 4) is 11.5 Å². The van der Waals surface area contributed by atoms with Crippen molar-refractivity contribution in [3.63, 3.8) is 0 Å². The molecule has 0 atom stereocenters. The third-order valence-corrected chi connectivity index (χ3v) is 3.72. The van der Waals surface area contributed by atoms with Crippen molar-refractivity contribution in [2.24, 2.45) is 10.7 Å². The van der Waals surface area contributed by atoms with E-state index in [2.05, 4.69) is 4.99 Å². The first-order valence-corrected chi connectivity index (χ1v) is 7.40. The number of alkyl halides is 2. The van der Waals surface area contributed by atoms with Crippen LogP contribution in [0.4, 0.5) is 14.5 Å². The molecule has 2 N–H and O–H groups in total. The van der Waals surface area contributed by atoms with Gasteiger partial charge in [0.2, 0.25) is 0 Å². The molecule has 0 spiro atoms. The van der Waals surface area contributed by atoms with Gasteiger partial charge >= 0.3 is 0 Å². The summed E-state index contributed by atoms with van der Waals surface area (Å²) < 4.78 is 32.2. The summed E-state index contributed by atoms with van der Waals surface area (Å²) in [4.78, 5) is 4.04. The molecule has 0 saturated carbocycles. The highest BCUT2D eigenvalue weighted by Gasteiger charge is 2.18. The molecule has 7 heteroatoms. The summed E-state index contributed by atoms with van der Waals surface area (Å²) in [7, 11) is 0. The minimum absolute atomic E-state index is 0.0320. The van der Waals surface area contributed by atoms with Crippen LogP contribution in [0.25, 0.3) is 0 Å². The Morgan fingerprint density at radius 2 is 1.87 bits per heavy atom. The maximum Gasteiger partial charge on any atom is 0.267 e. The number of hydrogen-bond donors (Lipinski definition) is 1. The fourth-order valence-corrected chi connectivity index (χ4v) is 2.21. The van der Waals surface area contributed by atoms with Crippen LogP contribution in [0.2, 0.25) is 10.0 Å². The van der Waals surface area contributed by atoms with Crippen LogP contribution in [0.5, 0.6) is 11.5 Å². The van der Waals surface area contributed by atoms with Crippen LogP contribution in [0.1, 0.15) is 24.5 Å². The lowest BCUT2D eigenvalue weighted by Gasteiger charge is -2.14. The highest BCUT2D eigenvalue weighted by atomic mass is 35.5. The van der Waals surface area contributed by atoms with Crippen LogP contribution in [-0.4, -0.2) is 5.84 Å². The summed E-state index contributed by atoms with van der Waals surface area (Å²) in [6.45, 7) is 3.32. The highest BCUT2D eigenvalue weighted by Crippen LogP contribution is 2.38. The Hall–Kier alpha value is -1.85. The SMILES string of the molecule is C/C(N)=N/c1cc(C(F)F)c(Oc2ccc(Cl)c(Cl)c2)cc1C. The molecule has 122 valence electrons. The fourth-order valence-electron chi connectivity index (χ4n) is 1.92. The van der Waals surface area contributed by atoms with Crippen LogP contribution in [-0.2, 0) is 0 Å². The monoisotopic (exact) mass is 358 g/mol. The van der Waals surface area contributed by atoms with E-state index >= 15 is 0 Å². The first kappa shape index (κ1) is 17.5. The van der Waals surface area contributed by atoms with Gasteiger partial charge in [-0.3, -0.25) is 0 Å². The van der Waals surface area contributed by atoms with Gasteiger partial charge in [-0.1, -0.05) is 23.2 Å². The number of benzene rings is 2. The number of aryl methyl sites for hydroxylation is 1. The van der Waals surface area contributed by atoms with Gasteiger partial charge in [0, 0.05) is 6.07 Å². The van der Waals surface area contributed by atoms with E-state index in [4.69, 9.17) is 33.7 Å². The third kappa shape index (κ3) is 4.33. The third-order valence-electron chi connectivity index (χ3n) is 2.98. The predicted octanol–water partition coefficient (Wildman–Crippen LogP) is 6.04. The Bertz CT molecular complexity index is 760. The van der Waals surface area contributed by atoms with E-state index < -0.39 is 6.43 Å². The van der Waals surface area contributed by atoms with Gasteiger partial charge in [0.05, 0.1) is 27.1 Å². The zero-order chi connectivity index (χ0) is 17.1. The molecular weight excluding hydrogens is 345 g/mol. The van der Waals surface area contributed by atoms with Crippen molar-refractivity contribution in [2.45, 2.75) is 20.3 Å². The Balaban J connectivity index is 2.46. The second kappa shape index (κ2) is 7.15. The van der Waals surface area contributed by atoms with Crippen molar-refractivity contribution < 1.29 is 13.5 Å². The van der Waals surface area contributed by atoms with Gasteiger partial charge in [0.1, 0.15) is 11.5 Å². The zero-order valence-electron chi connectivity index (χ0n) is 12.4. The van der Waals surface area contributed by atoms with Crippen molar-refractivity contribution in [2.75, 3.05) is 0 Å². The highest BCUT2D eigenvalue weighted by molar-refractivity contribution is 6.42. The van der Waals surface area contributed by atoms with Crippen LogP contribution in [0, 0.1) is 6.92 Å². The second-order valence-electron chi connectivity index (χ2n) is 4.91. The summed E-state index contributed by atoms with van der Waals surface area (Å²) in [5.74, 6) is 0.628. The first-order valence-electron chi connectivity index (χ1n) is 6.64. The van der Waals surface area contributed by atoms with Crippen molar-refractivity contribution in [1.82, 2.24) is 0 Å². The summed E-state index contributed by atoms with van der Waals surface area (Å²) in [5.41, 5.74) is 6.28. The van der Waals surface area contributed by atoms with Gasteiger partial charge in [0.15, 0.2) is 0 Å². The number of ether oxygens (including phenoxy) is 1. The van der Waals surface area contributed by atoms with E-state index in [0.717, 1.165) is 0 Å². The normalized spacial score (nSPS) is 11.9. The predicted molar refractivity (Wildman–Crippen MR) is 89.6 cm³/mol. The molecule has 0 heterocycles. The molecule has 2 aromatic rings. The molecule has 0 fully saturated rings. The zero-order valence-corrected chi connectivity index (χ0v) is 13.9. The average molecular weight is 359 g/mol. The van der Waals surface area contributed by atoms with Crippen LogP contribution in [0.15, 0.2) is 35.3 Å². The van der Waals surface area contributed by atoms with E-state index in [0.29, 0.717) is 22.0 Å². The number of aliphatic imine (C=N–C) groups is 1. The smallest absolute Gasteiger partial charge is 0.267 e. The van der Waals surface area contributed by atoms with Crippen LogP contribution >= 0.6 is 23.2 Å². The molecule has 0 unspecified atom stereocenters. The topological polar surface area (TPSA) is 47.6 Å². The number of halogens is 4. The molecule has 3 nitrogen and oxygen atoms in total. The van der Waals surface area contributed by atoms with Gasteiger partial charge in [-0.05, 0) is 43.7 Å². The minimum atomic E-state index is -2.72. The molecule has 0 amide bonds. The standard InChI is InChI=1S/C16H14Cl2F2N2O/c1-8-5-15(23-10-3-4-12(17)13(18)6-10)11(16(19)20)7-14(8)22-9(2)21/h3-7,16H,1-2H3,(H2,21,22). The quantitative estimate of drug-likeness (QED) is 0.534.